The van der Waals surface area contributed by atoms with Gasteiger partial charge in [0, 0.05) is 28.9 Å². The fourth-order valence-corrected chi connectivity index (χ4v) is 5.07. The van der Waals surface area contributed by atoms with E-state index in [0.717, 1.165) is 58.3 Å². The number of nitrogens with one attached hydrogen (secondary N) is 1. The molecule has 1 aliphatic rings. The topological polar surface area (TPSA) is 52.5 Å². The molecule has 0 aliphatic heterocycles. The zero-order valence-electron chi connectivity index (χ0n) is 20.2. The van der Waals surface area contributed by atoms with Crippen molar-refractivity contribution in [2.45, 2.75) is 58.0 Å². The van der Waals surface area contributed by atoms with E-state index in [-0.39, 0.29) is 11.9 Å². The van der Waals surface area contributed by atoms with E-state index in [4.69, 9.17) is 21.1 Å². The lowest BCUT2D eigenvalue weighted by Gasteiger charge is -2.22. The third-order valence-corrected chi connectivity index (χ3v) is 7.17. The molecule has 3 aromatic rings. The minimum Gasteiger partial charge on any atom is -0.497 e. The van der Waals surface area contributed by atoms with Crippen molar-refractivity contribution in [3.8, 4) is 22.8 Å². The number of nitrogens with zero attached hydrogens (tertiary/aromatic N) is 1. The van der Waals surface area contributed by atoms with Gasteiger partial charge < -0.3 is 19.4 Å². The Morgan fingerprint density at radius 3 is 2.53 bits per heavy atom. The van der Waals surface area contributed by atoms with Gasteiger partial charge in [0.05, 0.1) is 25.5 Å². The minimum atomic E-state index is -0.0102. The van der Waals surface area contributed by atoms with E-state index in [9.17, 15) is 4.79 Å². The molecule has 4 rings (SSSR count). The first-order chi connectivity index (χ1) is 16.5. The van der Waals surface area contributed by atoms with Gasteiger partial charge in [-0.15, -0.1) is 0 Å². The summed E-state index contributed by atoms with van der Waals surface area (Å²) in [5, 5.41) is 4.03. The Hall–Kier alpha value is -2.92. The van der Waals surface area contributed by atoms with Gasteiger partial charge in [-0.2, -0.15) is 0 Å². The highest BCUT2D eigenvalue weighted by Crippen LogP contribution is 2.36. The van der Waals surface area contributed by atoms with Crippen molar-refractivity contribution >= 4 is 17.5 Å². The molecule has 1 N–H and O–H groups in total. The Kier molecular flexibility index (Phi) is 7.84. The number of halogens is 1. The predicted molar refractivity (Wildman–Crippen MR) is 137 cm³/mol. The maximum absolute atomic E-state index is 13.3. The maximum Gasteiger partial charge on any atom is 0.253 e. The number of hydrogen-bond acceptors (Lipinski definition) is 3. The molecule has 180 valence electrons. The first kappa shape index (κ1) is 24.2. The van der Waals surface area contributed by atoms with Crippen molar-refractivity contribution in [3.05, 3.63) is 70.4 Å². The first-order valence-corrected chi connectivity index (χ1v) is 12.4. The highest BCUT2D eigenvalue weighted by atomic mass is 35.5. The predicted octanol–water partition coefficient (Wildman–Crippen LogP) is 6.44. The number of carbonyl (C=O) groups excluding carboxylic acids is 1. The summed E-state index contributed by atoms with van der Waals surface area (Å²) in [6, 6.07) is 15.9. The second-order valence-corrected chi connectivity index (χ2v) is 9.30. The van der Waals surface area contributed by atoms with E-state index in [1.54, 1.807) is 14.2 Å². The molecule has 1 fully saturated rings. The summed E-state index contributed by atoms with van der Waals surface area (Å²) in [4.78, 5) is 13.3. The number of amides is 1. The molecule has 1 aliphatic carbocycles. The van der Waals surface area contributed by atoms with Gasteiger partial charge in [0.1, 0.15) is 11.5 Å². The molecule has 2 aromatic carbocycles. The lowest BCUT2D eigenvalue weighted by molar-refractivity contribution is 0.0927. The van der Waals surface area contributed by atoms with E-state index in [1.165, 1.54) is 19.3 Å². The van der Waals surface area contributed by atoms with Crippen LogP contribution >= 0.6 is 11.6 Å². The fourth-order valence-electron chi connectivity index (χ4n) is 4.84. The third-order valence-electron chi connectivity index (χ3n) is 6.80. The molecule has 1 aromatic heterocycles. The molecule has 0 unspecified atom stereocenters. The molecule has 1 amide bonds. The molecule has 1 saturated carbocycles. The number of methoxy groups -OCH3 is 2. The van der Waals surface area contributed by atoms with Crippen molar-refractivity contribution < 1.29 is 14.3 Å². The minimum absolute atomic E-state index is 0.0102. The van der Waals surface area contributed by atoms with E-state index >= 15 is 0 Å². The van der Waals surface area contributed by atoms with Crippen LogP contribution in [0.2, 0.25) is 5.02 Å². The zero-order valence-corrected chi connectivity index (χ0v) is 21.0. The molecule has 0 bridgehead atoms. The lowest BCUT2D eigenvalue weighted by atomic mass is 9.95. The van der Waals surface area contributed by atoms with E-state index < -0.39 is 0 Å². The monoisotopic (exact) mass is 480 g/mol. The smallest absolute Gasteiger partial charge is 0.253 e. The van der Waals surface area contributed by atoms with Gasteiger partial charge in [0.2, 0.25) is 0 Å². The van der Waals surface area contributed by atoms with Gasteiger partial charge in [-0.25, -0.2) is 0 Å². The largest absolute Gasteiger partial charge is 0.497 e. The van der Waals surface area contributed by atoms with E-state index in [2.05, 4.69) is 9.88 Å². The highest BCUT2D eigenvalue weighted by molar-refractivity contribution is 6.31. The lowest BCUT2D eigenvalue weighted by Crippen LogP contribution is -2.36. The van der Waals surface area contributed by atoms with Crippen molar-refractivity contribution in [1.29, 1.82) is 0 Å². The number of ether oxygens (including phenoxy) is 2. The van der Waals surface area contributed by atoms with Gasteiger partial charge in [-0.3, -0.25) is 4.79 Å². The van der Waals surface area contributed by atoms with Crippen molar-refractivity contribution in [3.63, 3.8) is 0 Å². The highest BCUT2D eigenvalue weighted by Gasteiger charge is 2.23. The molecule has 6 heteroatoms. The van der Waals surface area contributed by atoms with Crippen molar-refractivity contribution in [2.24, 2.45) is 0 Å². The van der Waals surface area contributed by atoms with Crippen LogP contribution < -0.4 is 14.8 Å². The first-order valence-electron chi connectivity index (χ1n) is 12.0. The number of hydrogen-bond donors (Lipinski definition) is 1. The second kappa shape index (κ2) is 11.0. The molecule has 0 saturated heterocycles. The molecule has 5 nitrogen and oxygen atoms in total. The van der Waals surface area contributed by atoms with E-state index in [1.807, 2.05) is 55.5 Å². The van der Waals surface area contributed by atoms with Crippen LogP contribution in [0, 0.1) is 6.92 Å². The SMILES string of the molecule is COc1ccc(OC)c(-c2cc(C(=O)NC3CCCCC3)c(C)n2CCc2ccccc2Cl)c1. The number of rotatable bonds is 8. The van der Waals surface area contributed by atoms with Crippen LogP contribution in [0.5, 0.6) is 11.5 Å². The van der Waals surface area contributed by atoms with Gasteiger partial charge in [0.15, 0.2) is 0 Å². The standard InChI is InChI=1S/C28H33ClN2O3/c1-19-23(28(32)30-21-10-5-4-6-11-21)18-26(24-17-22(33-2)13-14-27(24)34-3)31(19)16-15-20-9-7-8-12-25(20)29/h7-9,12-14,17-18,21H,4-6,10-11,15-16H2,1-3H3,(H,30,32). The van der Waals surface area contributed by atoms with Crippen LogP contribution in [0.1, 0.15) is 53.7 Å². The summed E-state index contributed by atoms with van der Waals surface area (Å²) in [6.07, 6.45) is 6.45. The Balaban J connectivity index is 1.73. The molecular weight excluding hydrogens is 448 g/mol. The Bertz CT molecular complexity index is 1150. The molecule has 34 heavy (non-hydrogen) atoms. The van der Waals surface area contributed by atoms with Crippen LogP contribution in [0.25, 0.3) is 11.3 Å². The van der Waals surface area contributed by atoms with Crippen molar-refractivity contribution in [2.75, 3.05) is 14.2 Å². The summed E-state index contributed by atoms with van der Waals surface area (Å²) in [5.74, 6) is 1.46. The molecule has 0 atom stereocenters. The molecular formula is C28H33ClN2O3. The zero-order chi connectivity index (χ0) is 24.1. The van der Waals surface area contributed by atoms with Crippen molar-refractivity contribution in [1.82, 2.24) is 9.88 Å². The van der Waals surface area contributed by atoms with Gasteiger partial charge in [-0.1, -0.05) is 49.1 Å². The average Bonchev–Trinajstić information content (AvgIpc) is 3.19. The number of benzene rings is 2. The van der Waals surface area contributed by atoms with Crippen LogP contribution in [-0.4, -0.2) is 30.7 Å². The maximum atomic E-state index is 13.3. The fraction of sp³-hybridized carbons (Fsp3) is 0.393. The van der Waals surface area contributed by atoms with Crippen LogP contribution in [0.3, 0.4) is 0 Å². The normalized spacial score (nSPS) is 14.1. The number of aryl methyl sites for hydroxylation is 1. The molecule has 0 radical (unpaired) electrons. The second-order valence-electron chi connectivity index (χ2n) is 8.90. The third kappa shape index (κ3) is 5.25. The number of aromatic nitrogens is 1. The Labute approximate surface area is 207 Å². The summed E-state index contributed by atoms with van der Waals surface area (Å²) in [5.41, 5.74) is 4.52. The summed E-state index contributed by atoms with van der Waals surface area (Å²) < 4.78 is 13.4. The quantitative estimate of drug-likeness (QED) is 0.403. The molecule has 0 spiro atoms. The van der Waals surface area contributed by atoms with E-state index in [0.29, 0.717) is 12.1 Å². The molecule has 1 heterocycles. The average molecular weight is 481 g/mol. The van der Waals surface area contributed by atoms with Crippen LogP contribution in [0.15, 0.2) is 48.5 Å². The van der Waals surface area contributed by atoms with Gasteiger partial charge in [-0.05, 0) is 62.1 Å². The number of carbonyl (C=O) groups is 1. The van der Waals surface area contributed by atoms with Crippen LogP contribution in [0.4, 0.5) is 0 Å². The summed E-state index contributed by atoms with van der Waals surface area (Å²) in [7, 11) is 3.31. The Morgan fingerprint density at radius 1 is 1.06 bits per heavy atom. The van der Waals surface area contributed by atoms with Gasteiger partial charge >= 0.3 is 0 Å². The summed E-state index contributed by atoms with van der Waals surface area (Å²) >= 11 is 6.43. The van der Waals surface area contributed by atoms with Gasteiger partial charge in [0.25, 0.3) is 5.91 Å². The Morgan fingerprint density at radius 2 is 1.82 bits per heavy atom. The summed E-state index contributed by atoms with van der Waals surface area (Å²) in [6.45, 7) is 2.69. The van der Waals surface area contributed by atoms with Crippen LogP contribution in [-0.2, 0) is 13.0 Å².